The highest BCUT2D eigenvalue weighted by atomic mass is 16.6. The van der Waals surface area contributed by atoms with Gasteiger partial charge in [0.25, 0.3) is 0 Å². The van der Waals surface area contributed by atoms with Crippen molar-refractivity contribution in [1.82, 2.24) is 4.90 Å². The van der Waals surface area contributed by atoms with Crippen LogP contribution in [-0.4, -0.2) is 29.7 Å². The third-order valence-electron chi connectivity index (χ3n) is 1.53. The highest BCUT2D eigenvalue weighted by molar-refractivity contribution is 5.67. The van der Waals surface area contributed by atoms with Gasteiger partial charge >= 0.3 is 6.09 Å². The van der Waals surface area contributed by atoms with Crippen LogP contribution in [0.4, 0.5) is 4.79 Å². The van der Waals surface area contributed by atoms with Crippen LogP contribution in [0.3, 0.4) is 0 Å². The Balaban J connectivity index is 0. The summed E-state index contributed by atoms with van der Waals surface area (Å²) in [6.45, 7) is 15.4. The van der Waals surface area contributed by atoms with E-state index in [1.165, 1.54) is 6.42 Å². The van der Waals surface area contributed by atoms with Crippen molar-refractivity contribution < 1.29 is 9.53 Å². The summed E-state index contributed by atoms with van der Waals surface area (Å²) in [6, 6.07) is 0. The Morgan fingerprint density at radius 3 is 1.81 bits per heavy atom. The summed E-state index contributed by atoms with van der Waals surface area (Å²) in [5.74, 6) is 0. The van der Waals surface area contributed by atoms with Crippen LogP contribution in [0.1, 0.15) is 61.3 Å². The highest BCUT2D eigenvalue weighted by Gasteiger charge is 2.19. The molecule has 0 saturated heterocycles. The molecule has 98 valence electrons. The number of hydrogen-bond acceptors (Lipinski definition) is 2. The first kappa shape index (κ1) is 17.7. The second-order valence-corrected chi connectivity index (χ2v) is 4.77. The highest BCUT2D eigenvalue weighted by Crippen LogP contribution is 2.09. The summed E-state index contributed by atoms with van der Waals surface area (Å²) in [6.07, 6.45) is 2.00. The van der Waals surface area contributed by atoms with Crippen molar-refractivity contribution in [2.45, 2.75) is 66.9 Å². The molecule has 0 heterocycles. The largest absolute Gasteiger partial charge is 0.444 e. The van der Waals surface area contributed by atoms with Crippen LogP contribution in [0.25, 0.3) is 0 Å². The van der Waals surface area contributed by atoms with Crippen molar-refractivity contribution in [1.29, 1.82) is 0 Å². The molecule has 0 unspecified atom stereocenters. The summed E-state index contributed by atoms with van der Waals surface area (Å²) < 4.78 is 5.23. The van der Waals surface area contributed by atoms with Crippen molar-refractivity contribution in [3.63, 3.8) is 0 Å². The number of carbonyl (C=O) groups is 1. The monoisotopic (exact) mass is 231 g/mol. The Hall–Kier alpha value is -0.730. The standard InChI is InChI=1S/C10H21NO2.C3H8/c1-6-8-11(7-2)9(12)13-10(3,4)5;1-3-2/h6-8H2,1-5H3;3H2,1-2H3. The van der Waals surface area contributed by atoms with Gasteiger partial charge in [0, 0.05) is 13.1 Å². The number of rotatable bonds is 3. The number of amides is 1. The third kappa shape index (κ3) is 11.3. The molecule has 0 radical (unpaired) electrons. The number of ether oxygens (including phenoxy) is 1. The van der Waals surface area contributed by atoms with E-state index in [0.29, 0.717) is 6.54 Å². The minimum atomic E-state index is -0.391. The summed E-state index contributed by atoms with van der Waals surface area (Å²) in [4.78, 5) is 13.2. The van der Waals surface area contributed by atoms with Crippen molar-refractivity contribution in [3.8, 4) is 0 Å². The molecule has 0 atom stereocenters. The predicted molar refractivity (Wildman–Crippen MR) is 69.7 cm³/mol. The van der Waals surface area contributed by atoms with Gasteiger partial charge in [-0.15, -0.1) is 0 Å². The van der Waals surface area contributed by atoms with Gasteiger partial charge < -0.3 is 9.64 Å². The average molecular weight is 231 g/mol. The molecule has 0 saturated carbocycles. The fourth-order valence-corrected chi connectivity index (χ4v) is 0.975. The van der Waals surface area contributed by atoms with E-state index in [-0.39, 0.29) is 6.09 Å². The fourth-order valence-electron chi connectivity index (χ4n) is 0.975. The normalized spacial score (nSPS) is 10.2. The molecule has 1 amide bonds. The lowest BCUT2D eigenvalue weighted by Crippen LogP contribution is -2.37. The van der Waals surface area contributed by atoms with E-state index in [1.807, 2.05) is 34.6 Å². The molecule has 0 fully saturated rings. The van der Waals surface area contributed by atoms with Crippen molar-refractivity contribution in [2.75, 3.05) is 13.1 Å². The lowest BCUT2D eigenvalue weighted by molar-refractivity contribution is 0.0260. The molecule has 0 rings (SSSR count). The first-order chi connectivity index (χ1) is 7.32. The topological polar surface area (TPSA) is 29.5 Å². The van der Waals surface area contributed by atoms with E-state index in [2.05, 4.69) is 13.8 Å². The van der Waals surface area contributed by atoms with Crippen LogP contribution in [0.5, 0.6) is 0 Å². The molecule has 0 aromatic carbocycles. The fraction of sp³-hybridized carbons (Fsp3) is 0.923. The van der Waals surface area contributed by atoms with Gasteiger partial charge in [-0.05, 0) is 34.1 Å². The van der Waals surface area contributed by atoms with Crippen molar-refractivity contribution in [3.05, 3.63) is 0 Å². The minimum Gasteiger partial charge on any atom is -0.444 e. The third-order valence-corrected chi connectivity index (χ3v) is 1.53. The van der Waals surface area contributed by atoms with Crippen LogP contribution < -0.4 is 0 Å². The lowest BCUT2D eigenvalue weighted by Gasteiger charge is -2.26. The van der Waals surface area contributed by atoms with Crippen LogP contribution in [-0.2, 0) is 4.74 Å². The van der Waals surface area contributed by atoms with E-state index >= 15 is 0 Å². The van der Waals surface area contributed by atoms with E-state index in [0.717, 1.165) is 13.0 Å². The zero-order chi connectivity index (χ0) is 13.2. The van der Waals surface area contributed by atoms with Crippen LogP contribution >= 0.6 is 0 Å². The molecule has 0 N–H and O–H groups in total. The second-order valence-electron chi connectivity index (χ2n) is 4.77. The number of nitrogens with zero attached hydrogens (tertiary/aromatic N) is 1. The van der Waals surface area contributed by atoms with Gasteiger partial charge in [0.15, 0.2) is 0 Å². The predicted octanol–water partition coefficient (Wildman–Crippen LogP) is 4.07. The van der Waals surface area contributed by atoms with Gasteiger partial charge in [0.2, 0.25) is 0 Å². The number of carbonyl (C=O) groups excluding carboxylic acids is 1. The first-order valence-electron chi connectivity index (χ1n) is 6.30. The molecule has 3 heteroatoms. The van der Waals surface area contributed by atoms with Gasteiger partial charge in [-0.1, -0.05) is 27.2 Å². The zero-order valence-corrected chi connectivity index (χ0v) is 12.1. The van der Waals surface area contributed by atoms with Crippen molar-refractivity contribution >= 4 is 6.09 Å². The zero-order valence-electron chi connectivity index (χ0n) is 12.1. The Labute approximate surface area is 101 Å². The van der Waals surface area contributed by atoms with Gasteiger partial charge in [-0.25, -0.2) is 4.79 Å². The van der Waals surface area contributed by atoms with E-state index < -0.39 is 5.60 Å². The summed E-state index contributed by atoms with van der Waals surface area (Å²) in [7, 11) is 0. The molecule has 0 aliphatic carbocycles. The molecule has 0 bridgehead atoms. The Morgan fingerprint density at radius 1 is 1.12 bits per heavy atom. The Bertz CT molecular complexity index is 173. The van der Waals surface area contributed by atoms with E-state index in [4.69, 9.17) is 4.74 Å². The Morgan fingerprint density at radius 2 is 1.56 bits per heavy atom. The molecule has 0 aromatic rings. The number of hydrogen-bond donors (Lipinski definition) is 0. The van der Waals surface area contributed by atoms with Gasteiger partial charge in [-0.2, -0.15) is 0 Å². The molecule has 0 aromatic heterocycles. The second kappa shape index (κ2) is 9.49. The maximum absolute atomic E-state index is 11.5. The maximum Gasteiger partial charge on any atom is 0.410 e. The molecular formula is C13H29NO2. The summed E-state index contributed by atoms with van der Waals surface area (Å²) >= 11 is 0. The molecule has 0 aliphatic heterocycles. The Kier molecular flexibility index (Phi) is 10.5. The first-order valence-corrected chi connectivity index (χ1v) is 6.30. The molecule has 0 aliphatic rings. The molecule has 0 spiro atoms. The molecular weight excluding hydrogens is 202 g/mol. The average Bonchev–Trinajstić information content (AvgIpc) is 2.12. The smallest absolute Gasteiger partial charge is 0.410 e. The van der Waals surface area contributed by atoms with Crippen LogP contribution in [0, 0.1) is 0 Å². The van der Waals surface area contributed by atoms with E-state index in [1.54, 1.807) is 4.90 Å². The quantitative estimate of drug-likeness (QED) is 0.732. The maximum atomic E-state index is 11.5. The lowest BCUT2D eigenvalue weighted by atomic mass is 10.2. The molecule has 3 nitrogen and oxygen atoms in total. The molecule has 16 heavy (non-hydrogen) atoms. The van der Waals surface area contributed by atoms with Crippen molar-refractivity contribution in [2.24, 2.45) is 0 Å². The van der Waals surface area contributed by atoms with Gasteiger partial charge in [0.1, 0.15) is 5.60 Å². The van der Waals surface area contributed by atoms with Gasteiger partial charge in [0.05, 0.1) is 0 Å². The SMILES string of the molecule is CCC.CCCN(CC)C(=O)OC(C)(C)C. The van der Waals surface area contributed by atoms with Gasteiger partial charge in [-0.3, -0.25) is 0 Å². The minimum absolute atomic E-state index is 0.211. The summed E-state index contributed by atoms with van der Waals surface area (Å²) in [5.41, 5.74) is -0.391. The van der Waals surface area contributed by atoms with Crippen LogP contribution in [0.2, 0.25) is 0 Å². The summed E-state index contributed by atoms with van der Waals surface area (Å²) in [5, 5.41) is 0. The van der Waals surface area contributed by atoms with Crippen LogP contribution in [0.15, 0.2) is 0 Å². The van der Waals surface area contributed by atoms with E-state index in [9.17, 15) is 4.79 Å².